The number of hydrogen-bond acceptors (Lipinski definition) is 4. The van der Waals surface area contributed by atoms with Crippen LogP contribution < -0.4 is 9.88 Å². The van der Waals surface area contributed by atoms with Crippen LogP contribution in [0.5, 0.6) is 5.75 Å². The Labute approximate surface area is 107 Å². The van der Waals surface area contributed by atoms with Crippen LogP contribution in [0.4, 0.5) is 0 Å². The van der Waals surface area contributed by atoms with Gasteiger partial charge in [-0.25, -0.2) is 13.6 Å². The van der Waals surface area contributed by atoms with Crippen LogP contribution in [0.25, 0.3) is 0 Å². The quantitative estimate of drug-likeness (QED) is 0.853. The molecule has 0 heterocycles. The molecule has 0 bridgehead atoms. The predicted molar refractivity (Wildman–Crippen MR) is 66.7 cm³/mol. The lowest BCUT2D eigenvalue weighted by molar-refractivity contribution is 0.0328. The summed E-state index contributed by atoms with van der Waals surface area (Å²) in [4.78, 5) is -0.0941. The van der Waals surface area contributed by atoms with E-state index in [4.69, 9.17) is 9.88 Å². The molecule has 1 aromatic rings. The first-order valence-electron chi connectivity index (χ1n) is 5.70. The summed E-state index contributed by atoms with van der Waals surface area (Å²) in [6.07, 6.45) is 1.90. The van der Waals surface area contributed by atoms with Crippen molar-refractivity contribution in [2.24, 2.45) is 11.1 Å². The molecule has 1 saturated carbocycles. The van der Waals surface area contributed by atoms with E-state index in [0.717, 1.165) is 12.8 Å². The van der Waals surface area contributed by atoms with Gasteiger partial charge in [0.25, 0.3) is 0 Å². The molecule has 0 amide bonds. The first-order chi connectivity index (χ1) is 8.26. The van der Waals surface area contributed by atoms with Crippen molar-refractivity contribution in [3.8, 4) is 5.75 Å². The smallest absolute Gasteiger partial charge is 0.241 e. The number of hydrogen-bond donors (Lipinski definition) is 2. The molecule has 0 aromatic heterocycles. The number of sulfonamides is 1. The minimum absolute atomic E-state index is 0.0941. The second-order valence-corrected chi connectivity index (χ2v) is 6.36. The lowest BCUT2D eigenvalue weighted by Gasteiger charge is -2.24. The van der Waals surface area contributed by atoms with Crippen LogP contribution in [0.1, 0.15) is 25.3 Å². The van der Waals surface area contributed by atoms with Crippen LogP contribution in [-0.4, -0.2) is 20.6 Å². The van der Waals surface area contributed by atoms with E-state index in [-0.39, 0.29) is 16.6 Å². The number of rotatable bonds is 4. The van der Waals surface area contributed by atoms with E-state index in [1.807, 2.05) is 0 Å². The number of primary sulfonamides is 1. The standard InChI is InChI=1S/C12H17NO4S/c1-12(14,8-3-4-8)9-5-6-10(17-2)11(7-9)18(13,15)16/h5-8,14H,3-4H2,1-2H3,(H2,13,15,16). The molecule has 1 aliphatic carbocycles. The van der Waals surface area contributed by atoms with Gasteiger partial charge in [-0.1, -0.05) is 6.07 Å². The first kappa shape index (κ1) is 13.3. The maximum Gasteiger partial charge on any atom is 0.241 e. The molecule has 2 rings (SSSR count). The Balaban J connectivity index is 2.52. The van der Waals surface area contributed by atoms with Gasteiger partial charge in [0.05, 0.1) is 12.7 Å². The maximum atomic E-state index is 11.5. The zero-order valence-electron chi connectivity index (χ0n) is 10.4. The minimum Gasteiger partial charge on any atom is -0.495 e. The van der Waals surface area contributed by atoms with Crippen molar-refractivity contribution in [3.63, 3.8) is 0 Å². The summed E-state index contributed by atoms with van der Waals surface area (Å²) < 4.78 is 28.0. The molecular formula is C12H17NO4S. The van der Waals surface area contributed by atoms with E-state index in [2.05, 4.69) is 0 Å². The number of aliphatic hydroxyl groups is 1. The molecular weight excluding hydrogens is 254 g/mol. The fourth-order valence-corrected chi connectivity index (χ4v) is 2.82. The van der Waals surface area contributed by atoms with Crippen LogP contribution in [0.3, 0.4) is 0 Å². The lowest BCUT2D eigenvalue weighted by Crippen LogP contribution is -2.24. The van der Waals surface area contributed by atoms with Crippen molar-refractivity contribution >= 4 is 10.0 Å². The van der Waals surface area contributed by atoms with Crippen molar-refractivity contribution in [3.05, 3.63) is 23.8 Å². The third-order valence-electron chi connectivity index (χ3n) is 3.43. The van der Waals surface area contributed by atoms with Crippen molar-refractivity contribution < 1.29 is 18.3 Å². The molecule has 1 fully saturated rings. The number of benzene rings is 1. The molecule has 6 heteroatoms. The summed E-state index contributed by atoms with van der Waals surface area (Å²) in [6, 6.07) is 4.59. The summed E-state index contributed by atoms with van der Waals surface area (Å²) in [7, 11) is -2.49. The molecule has 18 heavy (non-hydrogen) atoms. The maximum absolute atomic E-state index is 11.5. The summed E-state index contributed by atoms with van der Waals surface area (Å²) in [6.45, 7) is 1.69. The Morgan fingerprint density at radius 2 is 2.06 bits per heavy atom. The van der Waals surface area contributed by atoms with Gasteiger partial charge in [0.2, 0.25) is 10.0 Å². The Bertz CT molecular complexity index is 561. The molecule has 0 spiro atoms. The van der Waals surface area contributed by atoms with Crippen LogP contribution in [0.15, 0.2) is 23.1 Å². The second kappa shape index (κ2) is 4.22. The molecule has 5 nitrogen and oxygen atoms in total. The molecule has 1 atom stereocenters. The largest absolute Gasteiger partial charge is 0.495 e. The zero-order valence-corrected chi connectivity index (χ0v) is 11.2. The first-order valence-corrected chi connectivity index (χ1v) is 7.25. The van der Waals surface area contributed by atoms with E-state index in [0.29, 0.717) is 5.56 Å². The summed E-state index contributed by atoms with van der Waals surface area (Å²) in [5.41, 5.74) is -0.471. The van der Waals surface area contributed by atoms with Gasteiger partial charge in [-0.15, -0.1) is 0 Å². The highest BCUT2D eigenvalue weighted by Gasteiger charge is 2.41. The van der Waals surface area contributed by atoms with Crippen LogP contribution in [0.2, 0.25) is 0 Å². The van der Waals surface area contributed by atoms with Gasteiger partial charge in [-0.3, -0.25) is 0 Å². The zero-order chi connectivity index (χ0) is 13.6. The molecule has 0 aliphatic heterocycles. The fourth-order valence-electron chi connectivity index (χ4n) is 2.10. The number of methoxy groups -OCH3 is 1. The normalized spacial score (nSPS) is 19.3. The van der Waals surface area contributed by atoms with Gasteiger partial charge >= 0.3 is 0 Å². The van der Waals surface area contributed by atoms with E-state index in [9.17, 15) is 13.5 Å². The lowest BCUT2D eigenvalue weighted by atomic mass is 9.91. The number of nitrogens with two attached hydrogens (primary N) is 1. The molecule has 0 saturated heterocycles. The Hall–Kier alpha value is -1.11. The van der Waals surface area contributed by atoms with Crippen LogP contribution in [-0.2, 0) is 15.6 Å². The van der Waals surface area contributed by atoms with Crippen molar-refractivity contribution in [2.45, 2.75) is 30.3 Å². The topological polar surface area (TPSA) is 89.6 Å². The van der Waals surface area contributed by atoms with Gasteiger partial charge in [-0.2, -0.15) is 0 Å². The molecule has 1 aromatic carbocycles. The van der Waals surface area contributed by atoms with Gasteiger partial charge < -0.3 is 9.84 Å². The fraction of sp³-hybridized carbons (Fsp3) is 0.500. The Morgan fingerprint density at radius 1 is 1.44 bits per heavy atom. The molecule has 0 radical (unpaired) electrons. The summed E-state index contributed by atoms with van der Waals surface area (Å²) in [5.74, 6) is 0.368. The highest BCUT2D eigenvalue weighted by Crippen LogP contribution is 2.46. The average molecular weight is 271 g/mol. The van der Waals surface area contributed by atoms with Crippen LogP contribution >= 0.6 is 0 Å². The van der Waals surface area contributed by atoms with Gasteiger partial charge in [0.15, 0.2) is 0 Å². The third kappa shape index (κ3) is 2.36. The minimum atomic E-state index is -3.87. The second-order valence-electron chi connectivity index (χ2n) is 4.83. The van der Waals surface area contributed by atoms with E-state index in [1.54, 1.807) is 13.0 Å². The van der Waals surface area contributed by atoms with E-state index < -0.39 is 15.6 Å². The van der Waals surface area contributed by atoms with Gasteiger partial charge in [-0.05, 0) is 43.4 Å². The monoisotopic (exact) mass is 271 g/mol. The van der Waals surface area contributed by atoms with Crippen molar-refractivity contribution in [1.29, 1.82) is 0 Å². The number of ether oxygens (including phenoxy) is 1. The average Bonchev–Trinajstić information content (AvgIpc) is 3.11. The van der Waals surface area contributed by atoms with Gasteiger partial charge in [0.1, 0.15) is 10.6 Å². The molecule has 1 aliphatic rings. The molecule has 100 valence electrons. The summed E-state index contributed by atoms with van der Waals surface area (Å²) in [5, 5.41) is 15.6. The third-order valence-corrected chi connectivity index (χ3v) is 4.36. The highest BCUT2D eigenvalue weighted by molar-refractivity contribution is 7.89. The summed E-state index contributed by atoms with van der Waals surface area (Å²) >= 11 is 0. The van der Waals surface area contributed by atoms with Crippen molar-refractivity contribution in [1.82, 2.24) is 0 Å². The van der Waals surface area contributed by atoms with E-state index in [1.165, 1.54) is 19.2 Å². The van der Waals surface area contributed by atoms with Gasteiger partial charge in [0, 0.05) is 0 Å². The molecule has 3 N–H and O–H groups in total. The Morgan fingerprint density at radius 3 is 2.50 bits per heavy atom. The Kier molecular flexibility index (Phi) is 3.12. The van der Waals surface area contributed by atoms with Crippen molar-refractivity contribution in [2.75, 3.05) is 7.11 Å². The highest BCUT2D eigenvalue weighted by atomic mass is 32.2. The van der Waals surface area contributed by atoms with E-state index >= 15 is 0 Å². The van der Waals surface area contributed by atoms with Crippen LogP contribution in [0, 0.1) is 5.92 Å². The molecule has 1 unspecified atom stereocenters. The SMILES string of the molecule is COc1ccc(C(C)(O)C2CC2)cc1S(N)(=O)=O. The predicted octanol–water partition coefficient (Wildman–Crippen LogP) is 0.960.